The molecule has 0 fully saturated rings. The highest BCUT2D eigenvalue weighted by Crippen LogP contribution is 2.16. The molecule has 0 atom stereocenters. The zero-order valence-electron chi connectivity index (χ0n) is 10.1. The van der Waals surface area contributed by atoms with Gasteiger partial charge in [-0.1, -0.05) is 35.0 Å². The summed E-state index contributed by atoms with van der Waals surface area (Å²) in [5.41, 5.74) is 1.59. The predicted molar refractivity (Wildman–Crippen MR) is 69.6 cm³/mol. The topological polar surface area (TPSA) is 54.3 Å². The van der Waals surface area contributed by atoms with Gasteiger partial charge in [-0.05, 0) is 13.0 Å². The van der Waals surface area contributed by atoms with Crippen LogP contribution >= 0.6 is 11.6 Å². The van der Waals surface area contributed by atoms with Crippen LogP contribution in [-0.2, 0) is 16.2 Å². The lowest BCUT2D eigenvalue weighted by molar-refractivity contribution is -0.122. The number of oxime groups is 1. The van der Waals surface area contributed by atoms with E-state index in [4.69, 9.17) is 16.4 Å². The Bertz CT molecular complexity index is 540. The maximum Gasteiger partial charge on any atom is 0.297 e. The molecule has 2 rings (SSSR count). The molecule has 0 aliphatic carbocycles. The van der Waals surface area contributed by atoms with Crippen molar-refractivity contribution in [3.05, 3.63) is 34.9 Å². The van der Waals surface area contributed by atoms with Gasteiger partial charge in [0.25, 0.3) is 5.91 Å². The molecule has 1 aliphatic rings. The van der Waals surface area contributed by atoms with Gasteiger partial charge in [0.05, 0.1) is 5.71 Å². The summed E-state index contributed by atoms with van der Waals surface area (Å²) in [6.07, 6.45) is 0. The minimum Gasteiger partial charge on any atom is -0.390 e. The first kappa shape index (κ1) is 12.6. The molecule has 18 heavy (non-hydrogen) atoms. The molecule has 5 nitrogen and oxygen atoms in total. The lowest BCUT2D eigenvalue weighted by Crippen LogP contribution is -2.24. The minimum atomic E-state index is -0.272. The van der Waals surface area contributed by atoms with E-state index in [-0.39, 0.29) is 18.2 Å². The molecule has 0 spiro atoms. The number of rotatable bonds is 3. The fraction of sp³-hybridized carbons (Fsp3) is 0.250. The van der Waals surface area contributed by atoms with Gasteiger partial charge in [-0.3, -0.25) is 4.79 Å². The van der Waals surface area contributed by atoms with E-state index in [0.29, 0.717) is 10.7 Å². The number of halogens is 1. The maximum absolute atomic E-state index is 11.6. The van der Waals surface area contributed by atoms with Crippen LogP contribution in [0.3, 0.4) is 0 Å². The molecule has 0 saturated heterocycles. The largest absolute Gasteiger partial charge is 0.390 e. The maximum atomic E-state index is 11.6. The van der Waals surface area contributed by atoms with Gasteiger partial charge >= 0.3 is 0 Å². The van der Waals surface area contributed by atoms with Gasteiger partial charge in [0, 0.05) is 17.6 Å². The van der Waals surface area contributed by atoms with Crippen molar-refractivity contribution < 1.29 is 9.63 Å². The predicted octanol–water partition coefficient (Wildman–Crippen LogP) is 2.06. The summed E-state index contributed by atoms with van der Waals surface area (Å²) in [7, 11) is 1.57. The van der Waals surface area contributed by atoms with Crippen LogP contribution in [0.4, 0.5) is 0 Å². The van der Waals surface area contributed by atoms with E-state index in [1.807, 2.05) is 18.2 Å². The van der Waals surface area contributed by atoms with E-state index in [2.05, 4.69) is 10.3 Å². The second-order valence-electron chi connectivity index (χ2n) is 3.82. The summed E-state index contributed by atoms with van der Waals surface area (Å²) in [6, 6.07) is 7.31. The molecule has 0 unspecified atom stereocenters. The quantitative estimate of drug-likeness (QED) is 0.786. The zero-order chi connectivity index (χ0) is 13.1. The van der Waals surface area contributed by atoms with E-state index < -0.39 is 0 Å². The number of amides is 1. The molecule has 1 aromatic rings. The van der Waals surface area contributed by atoms with Crippen LogP contribution in [0.5, 0.6) is 0 Å². The van der Waals surface area contributed by atoms with E-state index >= 15 is 0 Å². The molecular weight excluding hydrogens is 254 g/mol. The van der Waals surface area contributed by atoms with Crippen molar-refractivity contribution in [3.8, 4) is 0 Å². The Morgan fingerprint density at radius 1 is 1.44 bits per heavy atom. The van der Waals surface area contributed by atoms with E-state index in [1.54, 1.807) is 20.0 Å². The zero-order valence-corrected chi connectivity index (χ0v) is 10.8. The number of hydrazone groups is 1. The second-order valence-corrected chi connectivity index (χ2v) is 4.23. The highest BCUT2D eigenvalue weighted by atomic mass is 35.5. The summed E-state index contributed by atoms with van der Waals surface area (Å²) in [4.78, 5) is 16.7. The molecule has 0 bridgehead atoms. The van der Waals surface area contributed by atoms with Gasteiger partial charge in [0.1, 0.15) is 6.61 Å². The Balaban J connectivity index is 2.03. The average Bonchev–Trinajstić information content (AvgIpc) is 2.58. The lowest BCUT2D eigenvalue weighted by atomic mass is 10.2. The SMILES string of the molecule is CC1=NN(C)C(=O)C1=NOCc1ccccc1Cl. The molecule has 1 aliphatic heterocycles. The smallest absolute Gasteiger partial charge is 0.297 e. The summed E-state index contributed by atoms with van der Waals surface area (Å²) >= 11 is 5.97. The number of benzene rings is 1. The standard InChI is InChI=1S/C12H12ClN3O2/c1-8-11(12(17)16(2)14-8)15-18-7-9-5-3-4-6-10(9)13/h3-6H,7H2,1-2H3. The minimum absolute atomic E-state index is 0.216. The number of carbonyl (C=O) groups is 1. The van der Waals surface area contributed by atoms with Gasteiger partial charge in [-0.25, -0.2) is 5.01 Å². The van der Waals surface area contributed by atoms with Crippen molar-refractivity contribution in [1.82, 2.24) is 5.01 Å². The number of hydrogen-bond acceptors (Lipinski definition) is 4. The van der Waals surface area contributed by atoms with Gasteiger partial charge in [-0.2, -0.15) is 5.10 Å². The van der Waals surface area contributed by atoms with Crippen LogP contribution in [0.25, 0.3) is 0 Å². The number of nitrogens with zero attached hydrogens (tertiary/aromatic N) is 3. The van der Waals surface area contributed by atoms with Crippen molar-refractivity contribution in [2.75, 3.05) is 7.05 Å². The third kappa shape index (κ3) is 2.51. The third-order valence-corrected chi connectivity index (χ3v) is 2.84. The van der Waals surface area contributed by atoms with Gasteiger partial charge in [0.2, 0.25) is 0 Å². The summed E-state index contributed by atoms with van der Waals surface area (Å²) in [5.74, 6) is -0.272. The van der Waals surface area contributed by atoms with Crippen LogP contribution in [0, 0.1) is 0 Å². The van der Waals surface area contributed by atoms with Crippen molar-refractivity contribution in [2.24, 2.45) is 10.3 Å². The molecule has 1 amide bonds. The Morgan fingerprint density at radius 2 is 2.17 bits per heavy atom. The fourth-order valence-corrected chi connectivity index (χ4v) is 1.70. The van der Waals surface area contributed by atoms with Crippen molar-refractivity contribution >= 4 is 28.9 Å². The van der Waals surface area contributed by atoms with Crippen LogP contribution in [0.2, 0.25) is 5.02 Å². The molecule has 6 heteroatoms. The monoisotopic (exact) mass is 265 g/mol. The second kappa shape index (κ2) is 5.18. The summed E-state index contributed by atoms with van der Waals surface area (Å²) in [6.45, 7) is 1.92. The number of hydrogen-bond donors (Lipinski definition) is 0. The summed E-state index contributed by atoms with van der Waals surface area (Å²) < 4.78 is 0. The molecular formula is C12H12ClN3O2. The van der Waals surface area contributed by atoms with Crippen molar-refractivity contribution in [3.63, 3.8) is 0 Å². The molecule has 0 radical (unpaired) electrons. The Labute approximate surface area is 110 Å². The number of carbonyl (C=O) groups excluding carboxylic acids is 1. The van der Waals surface area contributed by atoms with Gasteiger partial charge < -0.3 is 4.84 Å². The van der Waals surface area contributed by atoms with E-state index in [0.717, 1.165) is 5.56 Å². The van der Waals surface area contributed by atoms with E-state index in [1.165, 1.54) is 5.01 Å². The van der Waals surface area contributed by atoms with Gasteiger partial charge in [0.15, 0.2) is 5.71 Å². The highest BCUT2D eigenvalue weighted by molar-refractivity contribution is 6.68. The lowest BCUT2D eigenvalue weighted by Gasteiger charge is -2.03. The molecule has 0 aromatic heterocycles. The average molecular weight is 266 g/mol. The third-order valence-electron chi connectivity index (χ3n) is 2.47. The first-order chi connectivity index (χ1) is 8.59. The Hall–Kier alpha value is -1.88. The van der Waals surface area contributed by atoms with Crippen molar-refractivity contribution in [1.29, 1.82) is 0 Å². The molecule has 0 N–H and O–H groups in total. The highest BCUT2D eigenvalue weighted by Gasteiger charge is 2.27. The molecule has 1 aromatic carbocycles. The summed E-state index contributed by atoms with van der Waals surface area (Å²) in [5, 5.41) is 9.60. The van der Waals surface area contributed by atoms with Crippen LogP contribution in [-0.4, -0.2) is 29.4 Å². The van der Waals surface area contributed by atoms with Gasteiger partial charge in [-0.15, -0.1) is 0 Å². The molecule has 1 heterocycles. The van der Waals surface area contributed by atoms with Crippen LogP contribution in [0.15, 0.2) is 34.5 Å². The molecule has 0 saturated carbocycles. The fourth-order valence-electron chi connectivity index (χ4n) is 1.51. The Kier molecular flexibility index (Phi) is 3.62. The normalized spacial score (nSPS) is 17.3. The van der Waals surface area contributed by atoms with Crippen LogP contribution in [0.1, 0.15) is 12.5 Å². The van der Waals surface area contributed by atoms with E-state index in [9.17, 15) is 4.79 Å². The van der Waals surface area contributed by atoms with Crippen LogP contribution < -0.4 is 0 Å². The van der Waals surface area contributed by atoms with Crippen molar-refractivity contribution in [2.45, 2.75) is 13.5 Å². The Morgan fingerprint density at radius 3 is 2.78 bits per heavy atom. The first-order valence-electron chi connectivity index (χ1n) is 5.36. The first-order valence-corrected chi connectivity index (χ1v) is 5.74. The molecule has 94 valence electrons.